The zero-order valence-electron chi connectivity index (χ0n) is 17.9. The number of hydrogen-bond acceptors (Lipinski definition) is 5. The Labute approximate surface area is 186 Å². The fourth-order valence-electron chi connectivity index (χ4n) is 3.89. The lowest BCUT2D eigenvalue weighted by Crippen LogP contribution is -2.37. The molecule has 1 saturated heterocycles. The number of anilines is 1. The number of fused-ring (bicyclic) bond motifs is 1. The summed E-state index contributed by atoms with van der Waals surface area (Å²) in [6.07, 6.45) is 1.93. The van der Waals surface area contributed by atoms with E-state index in [0.717, 1.165) is 25.1 Å². The zero-order chi connectivity index (χ0) is 21.8. The zero-order valence-corrected chi connectivity index (χ0v) is 18.7. The Balaban J connectivity index is 1.66. The summed E-state index contributed by atoms with van der Waals surface area (Å²) in [5, 5.41) is 0.747. The van der Waals surface area contributed by atoms with Crippen molar-refractivity contribution in [1.82, 2.24) is 9.55 Å². The lowest BCUT2D eigenvalue weighted by Gasteiger charge is -2.25. The number of carbonyl (C=O) groups excluding carboxylic acids is 1. The van der Waals surface area contributed by atoms with Crippen LogP contribution in [0.15, 0.2) is 64.5 Å². The summed E-state index contributed by atoms with van der Waals surface area (Å²) in [5.74, 6) is -0.00947. The quantitative estimate of drug-likeness (QED) is 0.411. The molecule has 1 fully saturated rings. The fourth-order valence-corrected chi connectivity index (χ4v) is 4.87. The highest BCUT2D eigenvalue weighted by Gasteiger charge is 2.26. The van der Waals surface area contributed by atoms with Gasteiger partial charge in [-0.1, -0.05) is 42.1 Å². The maximum atomic E-state index is 13.3. The molecule has 0 spiro atoms. The van der Waals surface area contributed by atoms with Crippen molar-refractivity contribution in [3.63, 3.8) is 0 Å². The minimum Gasteiger partial charge on any atom is -0.376 e. The monoisotopic (exact) mass is 437 g/mol. The second-order valence-corrected chi connectivity index (χ2v) is 8.95. The van der Waals surface area contributed by atoms with Gasteiger partial charge in [0, 0.05) is 18.8 Å². The van der Waals surface area contributed by atoms with Crippen molar-refractivity contribution < 1.29 is 9.53 Å². The van der Waals surface area contributed by atoms with Crippen LogP contribution >= 0.6 is 11.8 Å². The number of ether oxygens (including phenoxy) is 1. The van der Waals surface area contributed by atoms with Crippen molar-refractivity contribution in [1.29, 1.82) is 0 Å². The highest BCUT2D eigenvalue weighted by Crippen LogP contribution is 2.27. The van der Waals surface area contributed by atoms with Gasteiger partial charge in [0.25, 0.3) is 5.56 Å². The Morgan fingerprint density at radius 1 is 1.23 bits per heavy atom. The molecule has 0 saturated carbocycles. The van der Waals surface area contributed by atoms with Gasteiger partial charge in [0.1, 0.15) is 0 Å². The van der Waals surface area contributed by atoms with Crippen LogP contribution in [0, 0.1) is 0 Å². The highest BCUT2D eigenvalue weighted by atomic mass is 32.2. The molecule has 2 heterocycles. The summed E-state index contributed by atoms with van der Waals surface area (Å²) in [6.45, 7) is 5.58. The third-order valence-corrected chi connectivity index (χ3v) is 6.59. The number of hydrogen-bond donors (Lipinski definition) is 0. The van der Waals surface area contributed by atoms with Crippen LogP contribution in [0.3, 0.4) is 0 Å². The number of amides is 1. The molecule has 1 aliphatic rings. The third kappa shape index (κ3) is 4.67. The second-order valence-electron chi connectivity index (χ2n) is 7.64. The number of thioether (sulfide) groups is 1. The van der Waals surface area contributed by atoms with Gasteiger partial charge < -0.3 is 9.64 Å². The van der Waals surface area contributed by atoms with E-state index in [4.69, 9.17) is 9.72 Å². The first-order valence-electron chi connectivity index (χ1n) is 10.7. The number of carbonyl (C=O) groups is 1. The van der Waals surface area contributed by atoms with Gasteiger partial charge in [-0.3, -0.25) is 14.2 Å². The summed E-state index contributed by atoms with van der Waals surface area (Å²) in [4.78, 5) is 33.0. The predicted octanol–water partition coefficient (Wildman–Crippen LogP) is 4.11. The largest absolute Gasteiger partial charge is 0.376 e. The first kappa shape index (κ1) is 21.6. The average Bonchev–Trinajstić information content (AvgIpc) is 3.31. The summed E-state index contributed by atoms with van der Waals surface area (Å²) < 4.78 is 7.46. The number of aromatic nitrogens is 2. The van der Waals surface area contributed by atoms with Crippen LogP contribution in [0.25, 0.3) is 10.9 Å². The molecule has 1 aromatic heterocycles. The molecule has 7 heteroatoms. The molecule has 0 bridgehead atoms. The van der Waals surface area contributed by atoms with E-state index in [1.165, 1.54) is 11.8 Å². The molecular formula is C24H27N3O3S. The number of benzene rings is 2. The van der Waals surface area contributed by atoms with Gasteiger partial charge in [0.05, 0.1) is 28.8 Å². The molecule has 31 heavy (non-hydrogen) atoms. The van der Waals surface area contributed by atoms with Crippen LogP contribution in [0.5, 0.6) is 0 Å². The van der Waals surface area contributed by atoms with Crippen LogP contribution in [0.4, 0.5) is 5.69 Å². The number of rotatable bonds is 7. The molecule has 0 radical (unpaired) electrons. The van der Waals surface area contributed by atoms with Crippen molar-refractivity contribution in [2.24, 2.45) is 0 Å². The van der Waals surface area contributed by atoms with E-state index in [-0.39, 0.29) is 17.6 Å². The fraction of sp³-hybridized carbons (Fsp3) is 0.375. The van der Waals surface area contributed by atoms with E-state index < -0.39 is 5.25 Å². The molecule has 1 aliphatic heterocycles. The Morgan fingerprint density at radius 3 is 2.68 bits per heavy atom. The lowest BCUT2D eigenvalue weighted by molar-refractivity contribution is -0.117. The van der Waals surface area contributed by atoms with Crippen molar-refractivity contribution in [3.8, 4) is 0 Å². The Kier molecular flexibility index (Phi) is 6.73. The minimum atomic E-state index is -0.399. The molecule has 2 atom stereocenters. The molecule has 0 unspecified atom stereocenters. The summed E-state index contributed by atoms with van der Waals surface area (Å²) >= 11 is 1.33. The average molecular weight is 438 g/mol. The summed E-state index contributed by atoms with van der Waals surface area (Å²) in [7, 11) is 0. The van der Waals surface area contributed by atoms with Gasteiger partial charge in [0.15, 0.2) is 5.16 Å². The van der Waals surface area contributed by atoms with Crippen LogP contribution in [-0.4, -0.2) is 40.0 Å². The Hall–Kier alpha value is -2.64. The van der Waals surface area contributed by atoms with Crippen molar-refractivity contribution in [3.05, 3.63) is 65.0 Å². The van der Waals surface area contributed by atoms with Crippen LogP contribution in [0.2, 0.25) is 0 Å². The van der Waals surface area contributed by atoms with Gasteiger partial charge in [-0.05, 0) is 51.0 Å². The van der Waals surface area contributed by atoms with Crippen molar-refractivity contribution in [2.45, 2.75) is 49.7 Å². The van der Waals surface area contributed by atoms with Gasteiger partial charge in [0.2, 0.25) is 5.91 Å². The summed E-state index contributed by atoms with van der Waals surface area (Å²) in [6, 6.07) is 17.0. The molecule has 3 aromatic rings. The molecule has 0 N–H and O–H groups in total. The van der Waals surface area contributed by atoms with E-state index >= 15 is 0 Å². The van der Waals surface area contributed by atoms with E-state index in [1.54, 1.807) is 15.5 Å². The van der Waals surface area contributed by atoms with Gasteiger partial charge in [-0.15, -0.1) is 0 Å². The Morgan fingerprint density at radius 2 is 1.97 bits per heavy atom. The normalized spacial score (nSPS) is 17.0. The lowest BCUT2D eigenvalue weighted by atomic mass is 10.2. The maximum Gasteiger partial charge on any atom is 0.262 e. The Bertz CT molecular complexity index is 1110. The van der Waals surface area contributed by atoms with Gasteiger partial charge in [-0.25, -0.2) is 4.98 Å². The first-order valence-corrected chi connectivity index (χ1v) is 11.6. The molecule has 1 amide bonds. The minimum absolute atomic E-state index is 0.00230. The van der Waals surface area contributed by atoms with Crippen molar-refractivity contribution in [2.75, 3.05) is 18.1 Å². The maximum absolute atomic E-state index is 13.3. The molecule has 4 rings (SSSR count). The van der Waals surface area contributed by atoms with Crippen LogP contribution in [0.1, 0.15) is 26.7 Å². The SMILES string of the molecule is CCN(C(=O)[C@@H](C)Sc1nc2ccccc2c(=O)n1C[C@@H]1CCCO1)c1ccccc1. The smallest absolute Gasteiger partial charge is 0.262 e. The molecule has 6 nitrogen and oxygen atoms in total. The second kappa shape index (κ2) is 9.66. The predicted molar refractivity (Wildman–Crippen MR) is 125 cm³/mol. The topological polar surface area (TPSA) is 64.4 Å². The molecule has 2 aromatic carbocycles. The molecular weight excluding hydrogens is 410 g/mol. The third-order valence-electron chi connectivity index (χ3n) is 5.52. The van der Waals surface area contributed by atoms with E-state index in [9.17, 15) is 9.59 Å². The molecule has 0 aliphatic carbocycles. The van der Waals surface area contributed by atoms with E-state index in [0.29, 0.717) is 29.1 Å². The number of nitrogens with zero attached hydrogens (tertiary/aromatic N) is 3. The van der Waals surface area contributed by atoms with Crippen LogP contribution in [-0.2, 0) is 16.1 Å². The van der Waals surface area contributed by atoms with Gasteiger partial charge >= 0.3 is 0 Å². The number of para-hydroxylation sites is 2. The van der Waals surface area contributed by atoms with Crippen molar-refractivity contribution >= 4 is 34.3 Å². The summed E-state index contributed by atoms with van der Waals surface area (Å²) in [5.41, 5.74) is 1.43. The first-order chi connectivity index (χ1) is 15.1. The molecule has 162 valence electrons. The highest BCUT2D eigenvalue weighted by molar-refractivity contribution is 8.00. The van der Waals surface area contributed by atoms with Crippen LogP contribution < -0.4 is 10.5 Å². The standard InChI is InChI=1S/C24H27N3O3S/c1-3-26(18-10-5-4-6-11-18)22(28)17(2)31-24-25-21-14-8-7-13-20(21)23(29)27(24)16-19-12-9-15-30-19/h4-8,10-11,13-14,17,19H,3,9,12,15-16H2,1-2H3/t17-,19+/m1/s1. The van der Waals surface area contributed by atoms with Gasteiger partial charge in [-0.2, -0.15) is 0 Å². The van der Waals surface area contributed by atoms with E-state index in [1.807, 2.05) is 62.4 Å². The van der Waals surface area contributed by atoms with E-state index in [2.05, 4.69) is 0 Å².